The Kier molecular flexibility index (Phi) is 7.26. The van der Waals surface area contributed by atoms with E-state index in [0.717, 1.165) is 21.3 Å². The van der Waals surface area contributed by atoms with Crippen LogP contribution >= 0.6 is 15.9 Å². The van der Waals surface area contributed by atoms with Gasteiger partial charge in [0.1, 0.15) is 6.04 Å². The maximum atomic E-state index is 13.2. The Morgan fingerprint density at radius 2 is 1.84 bits per heavy atom. The summed E-state index contributed by atoms with van der Waals surface area (Å²) in [6, 6.07) is 12.9. The molecular weight excluding hydrogens is 460 g/mol. The molecule has 1 aliphatic heterocycles. The molecule has 6 nitrogen and oxygen atoms in total. The maximum absolute atomic E-state index is 13.2. The first kappa shape index (κ1) is 23.1. The largest absolute Gasteiger partial charge is 0.454 e. The van der Waals surface area contributed by atoms with E-state index in [1.165, 1.54) is 0 Å². The van der Waals surface area contributed by atoms with Crippen LogP contribution < -0.4 is 14.8 Å². The second kappa shape index (κ2) is 9.73. The van der Waals surface area contributed by atoms with Crippen LogP contribution in [0, 0.1) is 0 Å². The normalized spacial score (nSPS) is 13.6. The van der Waals surface area contributed by atoms with Gasteiger partial charge in [-0.25, -0.2) is 0 Å². The smallest absolute Gasteiger partial charge is 0.242 e. The fraction of sp³-hybridized carbons (Fsp3) is 0.417. The van der Waals surface area contributed by atoms with Gasteiger partial charge in [0, 0.05) is 23.0 Å². The molecule has 2 aromatic carbocycles. The average Bonchev–Trinajstić information content (AvgIpc) is 3.16. The van der Waals surface area contributed by atoms with E-state index in [4.69, 9.17) is 9.47 Å². The highest BCUT2D eigenvalue weighted by Gasteiger charge is 2.28. The molecule has 1 N–H and O–H groups in total. The van der Waals surface area contributed by atoms with Gasteiger partial charge in [-0.1, -0.05) is 34.1 Å². The van der Waals surface area contributed by atoms with Gasteiger partial charge in [0.25, 0.3) is 0 Å². The number of fused-ring (bicyclic) bond motifs is 1. The lowest BCUT2D eigenvalue weighted by molar-refractivity contribution is -0.141. The van der Waals surface area contributed by atoms with Gasteiger partial charge >= 0.3 is 0 Å². The average molecular weight is 489 g/mol. The molecule has 3 rings (SSSR count). The lowest BCUT2D eigenvalue weighted by Gasteiger charge is -2.31. The van der Waals surface area contributed by atoms with E-state index < -0.39 is 6.04 Å². The van der Waals surface area contributed by atoms with Crippen LogP contribution in [0.2, 0.25) is 0 Å². The van der Waals surface area contributed by atoms with E-state index in [1.54, 1.807) is 11.8 Å². The van der Waals surface area contributed by atoms with Gasteiger partial charge in [-0.3, -0.25) is 9.59 Å². The Labute approximate surface area is 192 Å². The molecular formula is C24H29BrN2O4. The van der Waals surface area contributed by atoms with E-state index in [9.17, 15) is 9.59 Å². The minimum absolute atomic E-state index is 0.0748. The Bertz CT molecular complexity index is 955. The number of hydrogen-bond donors (Lipinski definition) is 1. The molecule has 2 amide bonds. The summed E-state index contributed by atoms with van der Waals surface area (Å²) in [7, 11) is 0. The highest BCUT2D eigenvalue weighted by atomic mass is 79.9. The lowest BCUT2D eigenvalue weighted by atomic mass is 10.1. The molecule has 0 spiro atoms. The van der Waals surface area contributed by atoms with Crippen molar-refractivity contribution < 1.29 is 19.1 Å². The van der Waals surface area contributed by atoms with Gasteiger partial charge in [0.15, 0.2) is 11.5 Å². The molecule has 0 fully saturated rings. The summed E-state index contributed by atoms with van der Waals surface area (Å²) in [6.45, 7) is 8.14. The Hall–Kier alpha value is -2.54. The van der Waals surface area contributed by atoms with Gasteiger partial charge in [-0.2, -0.15) is 0 Å². The molecule has 0 aromatic heterocycles. The van der Waals surface area contributed by atoms with Crippen molar-refractivity contribution in [3.63, 3.8) is 0 Å². The topological polar surface area (TPSA) is 67.9 Å². The summed E-state index contributed by atoms with van der Waals surface area (Å²) < 4.78 is 11.7. The third kappa shape index (κ3) is 6.47. The fourth-order valence-corrected chi connectivity index (χ4v) is 3.83. The van der Waals surface area contributed by atoms with Crippen molar-refractivity contribution in [2.75, 3.05) is 6.79 Å². The SMILES string of the molecule is CC(C(=O)NC(C)(C)C)N(Cc1cccc(Br)c1)C(=O)CCc1ccc2c(c1)OCO2. The number of amides is 2. The van der Waals surface area contributed by atoms with Crippen molar-refractivity contribution in [3.8, 4) is 11.5 Å². The number of rotatable bonds is 7. The van der Waals surface area contributed by atoms with E-state index in [2.05, 4.69) is 21.2 Å². The van der Waals surface area contributed by atoms with E-state index in [0.29, 0.717) is 25.1 Å². The molecule has 1 atom stereocenters. The molecule has 1 heterocycles. The van der Waals surface area contributed by atoms with E-state index in [1.807, 2.05) is 63.2 Å². The highest BCUT2D eigenvalue weighted by Crippen LogP contribution is 2.32. The van der Waals surface area contributed by atoms with Crippen molar-refractivity contribution in [3.05, 3.63) is 58.1 Å². The summed E-state index contributed by atoms with van der Waals surface area (Å²) in [5.41, 5.74) is 1.58. The zero-order valence-electron chi connectivity index (χ0n) is 18.4. The van der Waals surface area contributed by atoms with Crippen molar-refractivity contribution in [1.82, 2.24) is 10.2 Å². The van der Waals surface area contributed by atoms with E-state index >= 15 is 0 Å². The third-order valence-corrected chi connectivity index (χ3v) is 5.47. The Morgan fingerprint density at radius 1 is 1.10 bits per heavy atom. The van der Waals surface area contributed by atoms with Gasteiger partial charge in [-0.05, 0) is 69.5 Å². The fourth-order valence-electron chi connectivity index (χ4n) is 3.38. The Balaban J connectivity index is 1.73. The number of carbonyl (C=O) groups is 2. The molecule has 0 radical (unpaired) electrons. The maximum Gasteiger partial charge on any atom is 0.242 e. The summed E-state index contributed by atoms with van der Waals surface area (Å²) in [5.74, 6) is 1.18. The van der Waals surface area contributed by atoms with Crippen LogP contribution in [0.5, 0.6) is 11.5 Å². The first-order valence-corrected chi connectivity index (χ1v) is 11.2. The van der Waals surface area contributed by atoms with Gasteiger partial charge in [-0.15, -0.1) is 0 Å². The van der Waals surface area contributed by atoms with E-state index in [-0.39, 0.29) is 24.1 Å². The van der Waals surface area contributed by atoms with Gasteiger partial charge in [0.05, 0.1) is 0 Å². The van der Waals surface area contributed by atoms with Crippen molar-refractivity contribution in [1.29, 1.82) is 0 Å². The molecule has 0 saturated heterocycles. The summed E-state index contributed by atoms with van der Waals surface area (Å²) in [5, 5.41) is 2.98. The van der Waals surface area contributed by atoms with Gasteiger partial charge < -0.3 is 19.7 Å². The molecule has 31 heavy (non-hydrogen) atoms. The summed E-state index contributed by atoms with van der Waals surface area (Å²) in [6.07, 6.45) is 0.846. The molecule has 0 aliphatic carbocycles. The minimum atomic E-state index is -0.595. The van der Waals surface area contributed by atoms with Crippen LogP contribution in [0.4, 0.5) is 0 Å². The van der Waals surface area contributed by atoms with Gasteiger partial charge in [0.2, 0.25) is 18.6 Å². The third-order valence-electron chi connectivity index (χ3n) is 4.97. The first-order chi connectivity index (χ1) is 14.6. The van der Waals surface area contributed by atoms with Crippen molar-refractivity contribution >= 4 is 27.7 Å². The predicted molar refractivity (Wildman–Crippen MR) is 123 cm³/mol. The second-order valence-corrected chi connectivity index (χ2v) is 9.67. The zero-order valence-corrected chi connectivity index (χ0v) is 20.0. The lowest BCUT2D eigenvalue weighted by Crippen LogP contribution is -2.52. The number of halogens is 1. The Morgan fingerprint density at radius 3 is 2.55 bits per heavy atom. The van der Waals surface area contributed by atoms with Crippen LogP contribution in [0.25, 0.3) is 0 Å². The second-order valence-electron chi connectivity index (χ2n) is 8.75. The summed E-state index contributed by atoms with van der Waals surface area (Å²) >= 11 is 3.48. The van der Waals surface area contributed by atoms with Crippen LogP contribution in [0.15, 0.2) is 46.9 Å². The molecule has 1 aliphatic rings. The molecule has 1 unspecified atom stereocenters. The van der Waals surface area contributed by atoms with Crippen LogP contribution in [-0.4, -0.2) is 35.1 Å². The monoisotopic (exact) mass is 488 g/mol. The van der Waals surface area contributed by atoms with Crippen molar-refractivity contribution in [2.45, 2.75) is 58.7 Å². The highest BCUT2D eigenvalue weighted by molar-refractivity contribution is 9.10. The number of ether oxygens (including phenoxy) is 2. The molecule has 0 saturated carbocycles. The first-order valence-electron chi connectivity index (χ1n) is 10.4. The quantitative estimate of drug-likeness (QED) is 0.625. The number of carbonyl (C=O) groups excluding carboxylic acids is 2. The molecule has 166 valence electrons. The molecule has 7 heteroatoms. The number of aryl methyl sites for hydroxylation is 1. The number of nitrogens with one attached hydrogen (secondary N) is 1. The number of benzene rings is 2. The minimum Gasteiger partial charge on any atom is -0.454 e. The number of hydrogen-bond acceptors (Lipinski definition) is 4. The standard InChI is InChI=1S/C24H29BrN2O4/c1-16(23(29)26-24(2,3)4)27(14-18-6-5-7-19(25)12-18)22(28)11-9-17-8-10-20-21(13-17)31-15-30-20/h5-8,10,12-13,16H,9,11,14-15H2,1-4H3,(H,26,29). The molecule has 0 bridgehead atoms. The number of nitrogens with zero attached hydrogens (tertiary/aromatic N) is 1. The van der Waals surface area contributed by atoms with Crippen LogP contribution in [-0.2, 0) is 22.6 Å². The zero-order chi connectivity index (χ0) is 22.6. The predicted octanol–water partition coefficient (Wildman–Crippen LogP) is 4.44. The molecule has 2 aromatic rings. The van der Waals surface area contributed by atoms with Crippen molar-refractivity contribution in [2.24, 2.45) is 0 Å². The van der Waals surface area contributed by atoms with Crippen LogP contribution in [0.1, 0.15) is 45.2 Å². The summed E-state index contributed by atoms with van der Waals surface area (Å²) in [4.78, 5) is 27.7. The van der Waals surface area contributed by atoms with Crippen LogP contribution in [0.3, 0.4) is 0 Å².